The molecular weight excluding hydrogens is 290 g/mol. The molecule has 0 N–H and O–H groups in total. The zero-order valence-electron chi connectivity index (χ0n) is 12.5. The maximum Gasteiger partial charge on any atom is 0.0545 e. The normalized spacial score (nSPS) is 14.3. The van der Waals surface area contributed by atoms with Crippen LogP contribution in [0.25, 0.3) is 32.6 Å². The van der Waals surface area contributed by atoms with Gasteiger partial charge in [-0.05, 0) is 36.8 Å². The van der Waals surface area contributed by atoms with Gasteiger partial charge in [0.2, 0.25) is 0 Å². The van der Waals surface area contributed by atoms with E-state index in [0.717, 1.165) is 24.4 Å². The number of fused-ring (bicyclic) bond motifs is 5. The Balaban J connectivity index is 2.19. The van der Waals surface area contributed by atoms with Crippen LogP contribution in [0.15, 0.2) is 42.5 Å². The maximum atomic E-state index is 6.79. The second kappa shape index (κ2) is 4.27. The second-order valence-corrected chi connectivity index (χ2v) is 6.72. The van der Waals surface area contributed by atoms with Gasteiger partial charge in [0.1, 0.15) is 0 Å². The second-order valence-electron chi connectivity index (χ2n) is 6.34. The van der Waals surface area contributed by atoms with Gasteiger partial charge in [0.05, 0.1) is 10.5 Å². The Morgan fingerprint density at radius 3 is 2.77 bits per heavy atom. The third-order valence-corrected chi connectivity index (χ3v) is 5.44. The van der Waals surface area contributed by atoms with Gasteiger partial charge in [0.25, 0.3) is 0 Å². The molecule has 3 aromatic carbocycles. The Bertz CT molecular complexity index is 1070. The number of hydrogen-bond donors (Lipinski definition) is 0. The molecule has 0 amide bonds. The zero-order chi connectivity index (χ0) is 14.8. The minimum absolute atomic E-state index is 0.950. The van der Waals surface area contributed by atoms with Gasteiger partial charge in [-0.25, -0.2) is 0 Å². The molecule has 5 rings (SSSR count). The molecule has 22 heavy (non-hydrogen) atoms. The molecular formula is C20H16ClN. The van der Waals surface area contributed by atoms with Gasteiger partial charge < -0.3 is 4.57 Å². The summed E-state index contributed by atoms with van der Waals surface area (Å²) in [5.41, 5.74) is 5.31. The van der Waals surface area contributed by atoms with Gasteiger partial charge in [-0.2, -0.15) is 0 Å². The van der Waals surface area contributed by atoms with Crippen LogP contribution in [0, 0.1) is 6.92 Å². The molecule has 0 fully saturated rings. The van der Waals surface area contributed by atoms with E-state index in [2.05, 4.69) is 54.0 Å². The molecule has 0 spiro atoms. The van der Waals surface area contributed by atoms with Crippen LogP contribution in [0.5, 0.6) is 0 Å². The van der Waals surface area contributed by atoms with Crippen LogP contribution in [-0.2, 0) is 13.0 Å². The minimum atomic E-state index is 0.950. The summed E-state index contributed by atoms with van der Waals surface area (Å²) in [6.45, 7) is 3.24. The maximum absolute atomic E-state index is 6.79. The van der Waals surface area contributed by atoms with Gasteiger partial charge in [-0.1, -0.05) is 53.6 Å². The summed E-state index contributed by atoms with van der Waals surface area (Å²) in [5.74, 6) is 0. The smallest absolute Gasteiger partial charge is 0.0545 e. The van der Waals surface area contributed by atoms with E-state index in [1.807, 2.05) is 0 Å². The molecule has 0 saturated heterocycles. The average Bonchev–Trinajstić information content (AvgIpc) is 2.88. The van der Waals surface area contributed by atoms with Crippen molar-refractivity contribution in [2.45, 2.75) is 26.3 Å². The summed E-state index contributed by atoms with van der Waals surface area (Å²) in [6, 6.07) is 15.4. The molecule has 0 bridgehead atoms. The lowest BCUT2D eigenvalue weighted by molar-refractivity contribution is 0.652. The van der Waals surface area contributed by atoms with Crippen LogP contribution in [-0.4, -0.2) is 4.57 Å². The van der Waals surface area contributed by atoms with E-state index in [9.17, 15) is 0 Å². The number of benzene rings is 3. The molecule has 0 saturated carbocycles. The number of rotatable bonds is 0. The van der Waals surface area contributed by atoms with Crippen molar-refractivity contribution >= 4 is 44.2 Å². The SMILES string of the molecule is Cc1ccc2c(Cl)c3c4c(c2c1)c1ccccc1n4CCC3. The van der Waals surface area contributed by atoms with Gasteiger partial charge in [-0.3, -0.25) is 0 Å². The van der Waals surface area contributed by atoms with Gasteiger partial charge in [0.15, 0.2) is 0 Å². The molecule has 4 aromatic rings. The van der Waals surface area contributed by atoms with Crippen molar-refractivity contribution in [2.75, 3.05) is 0 Å². The van der Waals surface area contributed by atoms with Crippen molar-refractivity contribution in [3.63, 3.8) is 0 Å². The first kappa shape index (κ1) is 12.5. The monoisotopic (exact) mass is 305 g/mol. The Hall–Kier alpha value is -1.99. The molecule has 1 aliphatic rings. The van der Waals surface area contributed by atoms with E-state index in [0.29, 0.717) is 0 Å². The van der Waals surface area contributed by atoms with Crippen LogP contribution in [0.1, 0.15) is 17.5 Å². The van der Waals surface area contributed by atoms with E-state index < -0.39 is 0 Å². The van der Waals surface area contributed by atoms with Crippen molar-refractivity contribution in [1.82, 2.24) is 4.57 Å². The first-order valence-corrected chi connectivity index (χ1v) is 8.25. The largest absolute Gasteiger partial charge is 0.340 e. The molecule has 0 unspecified atom stereocenters. The molecule has 2 heterocycles. The quantitative estimate of drug-likeness (QED) is 0.384. The van der Waals surface area contributed by atoms with Crippen molar-refractivity contribution in [3.05, 3.63) is 58.6 Å². The number of para-hydroxylation sites is 1. The van der Waals surface area contributed by atoms with Crippen LogP contribution in [0.3, 0.4) is 0 Å². The van der Waals surface area contributed by atoms with Crippen molar-refractivity contribution in [1.29, 1.82) is 0 Å². The van der Waals surface area contributed by atoms with Gasteiger partial charge in [-0.15, -0.1) is 0 Å². The Morgan fingerprint density at radius 2 is 1.86 bits per heavy atom. The molecule has 108 valence electrons. The molecule has 0 radical (unpaired) electrons. The highest BCUT2D eigenvalue weighted by atomic mass is 35.5. The number of halogens is 1. The predicted molar refractivity (Wildman–Crippen MR) is 95.0 cm³/mol. The standard InChI is InChI=1S/C20H16ClN/c1-12-8-9-13-16(11-12)18-14-5-2-3-7-17(14)22-10-4-6-15(19(13)21)20(18)22/h2-3,5,7-9,11H,4,6,10H2,1H3. The number of aryl methyl sites for hydroxylation is 3. The number of nitrogens with zero attached hydrogens (tertiary/aromatic N) is 1. The van der Waals surface area contributed by atoms with Crippen molar-refractivity contribution < 1.29 is 0 Å². The molecule has 1 aromatic heterocycles. The third-order valence-electron chi connectivity index (χ3n) is 5.01. The van der Waals surface area contributed by atoms with Gasteiger partial charge >= 0.3 is 0 Å². The fourth-order valence-corrected chi connectivity index (χ4v) is 4.44. The summed E-state index contributed by atoms with van der Waals surface area (Å²) < 4.78 is 2.47. The van der Waals surface area contributed by atoms with E-state index >= 15 is 0 Å². The highest BCUT2D eigenvalue weighted by Gasteiger charge is 2.22. The van der Waals surface area contributed by atoms with E-state index in [4.69, 9.17) is 11.6 Å². The summed E-state index contributed by atoms with van der Waals surface area (Å²) in [5, 5.41) is 6.17. The van der Waals surface area contributed by atoms with Crippen LogP contribution >= 0.6 is 11.6 Å². The molecule has 0 aliphatic carbocycles. The molecule has 1 nitrogen and oxygen atoms in total. The predicted octanol–water partition coefficient (Wildman–Crippen LogP) is 5.86. The first-order valence-electron chi connectivity index (χ1n) is 7.87. The van der Waals surface area contributed by atoms with E-state index in [-0.39, 0.29) is 0 Å². The molecule has 1 aliphatic heterocycles. The Kier molecular flexibility index (Phi) is 2.43. The fraction of sp³-hybridized carbons (Fsp3) is 0.200. The highest BCUT2D eigenvalue weighted by molar-refractivity contribution is 6.40. The summed E-state index contributed by atoms with van der Waals surface area (Å²) in [4.78, 5) is 0. The van der Waals surface area contributed by atoms with E-state index in [1.165, 1.54) is 43.7 Å². The fourth-order valence-electron chi connectivity index (χ4n) is 4.09. The van der Waals surface area contributed by atoms with Crippen LogP contribution in [0.4, 0.5) is 0 Å². The Morgan fingerprint density at radius 1 is 1.00 bits per heavy atom. The van der Waals surface area contributed by atoms with E-state index in [1.54, 1.807) is 0 Å². The zero-order valence-corrected chi connectivity index (χ0v) is 13.2. The van der Waals surface area contributed by atoms with Crippen molar-refractivity contribution in [2.24, 2.45) is 0 Å². The van der Waals surface area contributed by atoms with Crippen LogP contribution in [0.2, 0.25) is 5.02 Å². The third kappa shape index (κ3) is 1.45. The lowest BCUT2D eigenvalue weighted by atomic mass is 9.95. The highest BCUT2D eigenvalue weighted by Crippen LogP contribution is 2.43. The lowest BCUT2D eigenvalue weighted by Crippen LogP contribution is -2.08. The topological polar surface area (TPSA) is 4.93 Å². The molecule has 0 atom stereocenters. The summed E-state index contributed by atoms with van der Waals surface area (Å²) in [7, 11) is 0. The van der Waals surface area contributed by atoms with Crippen LogP contribution < -0.4 is 0 Å². The molecule has 2 heteroatoms. The number of hydrogen-bond acceptors (Lipinski definition) is 0. The minimum Gasteiger partial charge on any atom is -0.340 e. The van der Waals surface area contributed by atoms with Crippen molar-refractivity contribution in [3.8, 4) is 0 Å². The summed E-state index contributed by atoms with van der Waals surface area (Å²) in [6.07, 6.45) is 2.24. The number of aromatic nitrogens is 1. The lowest BCUT2D eigenvalue weighted by Gasteiger charge is -2.19. The van der Waals surface area contributed by atoms with Gasteiger partial charge in [0, 0.05) is 28.2 Å². The Labute approximate surface area is 134 Å². The average molecular weight is 306 g/mol. The summed E-state index contributed by atoms with van der Waals surface area (Å²) >= 11 is 6.79. The first-order chi connectivity index (χ1) is 10.8.